The maximum Gasteiger partial charge on any atom is 0.256 e. The maximum absolute atomic E-state index is 12.6. The molecule has 0 fully saturated rings. The second-order valence-electron chi connectivity index (χ2n) is 7.84. The van der Waals surface area contributed by atoms with E-state index in [9.17, 15) is 9.59 Å². The molecular weight excluding hydrogens is 384 g/mol. The molecule has 0 bridgehead atoms. The molecule has 0 saturated carbocycles. The molecule has 0 aliphatic heterocycles. The number of rotatable bonds is 6. The Morgan fingerprint density at radius 3 is 2.16 bits per heavy atom. The number of nitrogens with zero attached hydrogens (tertiary/aromatic N) is 1. The number of Topliss-reactive ketones (excluding diaryl/α,β-unsaturated/α-hetero) is 1. The Labute approximate surface area is 185 Å². The number of anilines is 1. The molecule has 1 aromatic heterocycles. The van der Waals surface area contributed by atoms with E-state index >= 15 is 0 Å². The van der Waals surface area contributed by atoms with Crippen LogP contribution in [-0.4, -0.2) is 16.7 Å². The van der Waals surface area contributed by atoms with Crippen molar-refractivity contribution in [2.24, 2.45) is 0 Å². The lowest BCUT2D eigenvalue weighted by Crippen LogP contribution is -2.17. The number of ketones is 1. The molecule has 0 radical (unpaired) electrons. The molecule has 0 saturated heterocycles. The smallest absolute Gasteiger partial charge is 0.256 e. The van der Waals surface area contributed by atoms with Gasteiger partial charge in [0.05, 0.1) is 0 Å². The minimum atomic E-state index is -0.201. The van der Waals surface area contributed by atoms with Crippen molar-refractivity contribution < 1.29 is 9.59 Å². The molecule has 0 aliphatic rings. The standard InChI is InChI=1S/C25H26N2O2.C2H6/c1-5-25(3,4)22-11-9-18(10-12-22)24(29)27-23-16-21(13-14-26-23)20-8-6-7-19(15-20)17(2)28;1-2/h6-16H,5H2,1-4H3,(H,26,27,29);1-2H3. The zero-order valence-corrected chi connectivity index (χ0v) is 19.3. The lowest BCUT2D eigenvalue weighted by Gasteiger charge is -2.23. The molecule has 1 amide bonds. The molecule has 3 aromatic rings. The van der Waals surface area contributed by atoms with Crippen molar-refractivity contribution in [3.8, 4) is 11.1 Å². The predicted molar refractivity (Wildman–Crippen MR) is 129 cm³/mol. The SMILES string of the molecule is CC.CCC(C)(C)c1ccc(C(=O)Nc2cc(-c3cccc(C(C)=O)c3)ccn2)cc1. The summed E-state index contributed by atoms with van der Waals surface area (Å²) in [6.07, 6.45) is 2.68. The first-order valence-electron chi connectivity index (χ1n) is 10.8. The molecule has 1 N–H and O–H groups in total. The van der Waals surface area contributed by atoms with Gasteiger partial charge in [-0.15, -0.1) is 0 Å². The number of amides is 1. The fraction of sp³-hybridized carbons (Fsp3) is 0.296. The van der Waals surface area contributed by atoms with Crippen molar-refractivity contribution in [3.63, 3.8) is 0 Å². The normalized spacial score (nSPS) is 10.6. The van der Waals surface area contributed by atoms with Gasteiger partial charge >= 0.3 is 0 Å². The maximum atomic E-state index is 12.6. The number of hydrogen-bond donors (Lipinski definition) is 1. The van der Waals surface area contributed by atoms with Gasteiger partial charge in [-0.25, -0.2) is 4.98 Å². The van der Waals surface area contributed by atoms with Crippen LogP contribution in [0.1, 0.15) is 74.2 Å². The number of benzene rings is 2. The van der Waals surface area contributed by atoms with Gasteiger partial charge in [0.25, 0.3) is 5.91 Å². The Morgan fingerprint density at radius 1 is 0.903 bits per heavy atom. The first-order chi connectivity index (χ1) is 14.8. The third-order valence-electron chi connectivity index (χ3n) is 5.42. The van der Waals surface area contributed by atoms with Gasteiger partial charge in [0, 0.05) is 17.3 Å². The van der Waals surface area contributed by atoms with E-state index < -0.39 is 0 Å². The van der Waals surface area contributed by atoms with Crippen LogP contribution in [0.2, 0.25) is 0 Å². The second-order valence-corrected chi connectivity index (χ2v) is 7.84. The minimum absolute atomic E-state index is 0.0177. The van der Waals surface area contributed by atoms with Gasteiger partial charge in [-0.05, 0) is 65.8 Å². The molecule has 0 unspecified atom stereocenters. The number of carbonyl (C=O) groups excluding carboxylic acids is 2. The van der Waals surface area contributed by atoms with Crippen LogP contribution in [-0.2, 0) is 5.41 Å². The van der Waals surface area contributed by atoms with E-state index in [-0.39, 0.29) is 17.1 Å². The Bertz CT molecular complexity index is 1040. The summed E-state index contributed by atoms with van der Waals surface area (Å²) in [4.78, 5) is 28.5. The summed E-state index contributed by atoms with van der Waals surface area (Å²) >= 11 is 0. The summed E-state index contributed by atoms with van der Waals surface area (Å²) in [6.45, 7) is 12.1. The van der Waals surface area contributed by atoms with Crippen LogP contribution in [0.15, 0.2) is 66.9 Å². The van der Waals surface area contributed by atoms with E-state index in [1.54, 1.807) is 19.2 Å². The van der Waals surface area contributed by atoms with E-state index in [2.05, 4.69) is 31.1 Å². The first kappa shape index (κ1) is 24.0. The van der Waals surface area contributed by atoms with E-state index in [4.69, 9.17) is 0 Å². The summed E-state index contributed by atoms with van der Waals surface area (Å²) in [5, 5.41) is 2.86. The quantitative estimate of drug-likeness (QED) is 0.444. The fourth-order valence-electron chi connectivity index (χ4n) is 3.06. The molecule has 162 valence electrons. The van der Waals surface area contributed by atoms with Crippen molar-refractivity contribution in [1.29, 1.82) is 0 Å². The zero-order chi connectivity index (χ0) is 23.0. The molecule has 4 nitrogen and oxygen atoms in total. The first-order valence-corrected chi connectivity index (χ1v) is 10.8. The highest BCUT2D eigenvalue weighted by Crippen LogP contribution is 2.27. The molecule has 4 heteroatoms. The van der Waals surface area contributed by atoms with Gasteiger partial charge in [-0.1, -0.05) is 65.0 Å². The van der Waals surface area contributed by atoms with Crippen LogP contribution in [0.25, 0.3) is 11.1 Å². The summed E-state index contributed by atoms with van der Waals surface area (Å²) in [6, 6.07) is 18.8. The van der Waals surface area contributed by atoms with E-state index in [0.717, 1.165) is 17.5 Å². The minimum Gasteiger partial charge on any atom is -0.307 e. The highest BCUT2D eigenvalue weighted by atomic mass is 16.1. The van der Waals surface area contributed by atoms with Crippen LogP contribution in [0, 0.1) is 0 Å². The summed E-state index contributed by atoms with van der Waals surface area (Å²) in [5.74, 6) is 0.288. The van der Waals surface area contributed by atoms with Gasteiger partial charge in [0.1, 0.15) is 5.82 Å². The third-order valence-corrected chi connectivity index (χ3v) is 5.42. The van der Waals surface area contributed by atoms with Crippen molar-refractivity contribution in [2.45, 2.75) is 53.4 Å². The topological polar surface area (TPSA) is 59.1 Å². The highest BCUT2D eigenvalue weighted by molar-refractivity contribution is 6.04. The van der Waals surface area contributed by atoms with Crippen molar-refractivity contribution in [1.82, 2.24) is 4.98 Å². The number of carbonyl (C=O) groups is 2. The molecule has 0 aliphatic carbocycles. The number of pyridine rings is 1. The molecule has 1 heterocycles. The fourth-order valence-corrected chi connectivity index (χ4v) is 3.06. The van der Waals surface area contributed by atoms with Crippen LogP contribution in [0.3, 0.4) is 0 Å². The summed E-state index contributed by atoms with van der Waals surface area (Å²) in [7, 11) is 0. The van der Waals surface area contributed by atoms with Gasteiger partial charge in [-0.3, -0.25) is 9.59 Å². The number of nitrogens with one attached hydrogen (secondary N) is 1. The van der Waals surface area contributed by atoms with Gasteiger partial charge in [0.2, 0.25) is 0 Å². The number of aromatic nitrogens is 1. The Kier molecular flexibility index (Phi) is 8.26. The zero-order valence-electron chi connectivity index (χ0n) is 19.3. The predicted octanol–water partition coefficient (Wildman–Crippen LogP) is 6.92. The van der Waals surface area contributed by atoms with E-state index in [1.165, 1.54) is 5.56 Å². The molecule has 31 heavy (non-hydrogen) atoms. The highest BCUT2D eigenvalue weighted by Gasteiger charge is 2.18. The monoisotopic (exact) mass is 416 g/mol. The number of hydrogen-bond acceptors (Lipinski definition) is 3. The lowest BCUT2D eigenvalue weighted by molar-refractivity contribution is 0.101. The Balaban J connectivity index is 0.00000166. The lowest BCUT2D eigenvalue weighted by atomic mass is 9.82. The summed E-state index contributed by atoms with van der Waals surface area (Å²) in [5.41, 5.74) is 4.33. The van der Waals surface area contributed by atoms with Crippen LogP contribution < -0.4 is 5.32 Å². The Morgan fingerprint density at radius 2 is 1.55 bits per heavy atom. The van der Waals surface area contributed by atoms with Crippen molar-refractivity contribution in [3.05, 3.63) is 83.6 Å². The van der Waals surface area contributed by atoms with E-state index in [1.807, 2.05) is 68.4 Å². The van der Waals surface area contributed by atoms with E-state index in [0.29, 0.717) is 16.9 Å². The largest absolute Gasteiger partial charge is 0.307 e. The van der Waals surface area contributed by atoms with Gasteiger partial charge in [-0.2, -0.15) is 0 Å². The summed E-state index contributed by atoms with van der Waals surface area (Å²) < 4.78 is 0. The van der Waals surface area contributed by atoms with Crippen LogP contribution >= 0.6 is 0 Å². The Hall–Kier alpha value is -3.27. The molecule has 0 atom stereocenters. The average Bonchev–Trinajstić information content (AvgIpc) is 2.80. The van der Waals surface area contributed by atoms with Crippen LogP contribution in [0.4, 0.5) is 5.82 Å². The van der Waals surface area contributed by atoms with Crippen molar-refractivity contribution in [2.75, 3.05) is 5.32 Å². The van der Waals surface area contributed by atoms with Gasteiger partial charge < -0.3 is 5.32 Å². The van der Waals surface area contributed by atoms with Crippen molar-refractivity contribution >= 4 is 17.5 Å². The molecular formula is C27H32N2O2. The second kappa shape index (κ2) is 10.7. The molecule has 2 aromatic carbocycles. The third kappa shape index (κ3) is 6.11. The van der Waals surface area contributed by atoms with Crippen LogP contribution in [0.5, 0.6) is 0 Å². The average molecular weight is 417 g/mol. The van der Waals surface area contributed by atoms with Gasteiger partial charge in [0.15, 0.2) is 5.78 Å². The molecule has 0 spiro atoms. The molecule has 3 rings (SSSR count).